The molecular weight excluding hydrogens is 302 g/mol. The lowest BCUT2D eigenvalue weighted by molar-refractivity contribution is 0.0957. The normalized spacial score (nSPS) is 19.7. The summed E-state index contributed by atoms with van der Waals surface area (Å²) in [6.07, 6.45) is 7.14. The molecule has 0 amide bonds. The number of aryl methyl sites for hydroxylation is 1. The second kappa shape index (κ2) is 7.32. The third-order valence-corrected chi connectivity index (χ3v) is 4.80. The maximum atomic E-state index is 6.02. The van der Waals surface area contributed by atoms with Gasteiger partial charge in [-0.2, -0.15) is 5.10 Å². The first-order valence-corrected chi connectivity index (χ1v) is 8.92. The maximum absolute atomic E-state index is 6.02. The number of piperidine rings is 1. The minimum Gasteiger partial charge on any atom is -0.489 e. The minimum absolute atomic E-state index is 0.299. The van der Waals surface area contributed by atoms with Crippen molar-refractivity contribution >= 4 is 0 Å². The van der Waals surface area contributed by atoms with Crippen LogP contribution >= 0.6 is 0 Å². The van der Waals surface area contributed by atoms with Gasteiger partial charge >= 0.3 is 0 Å². The van der Waals surface area contributed by atoms with Gasteiger partial charge in [-0.15, -0.1) is 0 Å². The number of hydrogen-bond donors (Lipinski definition) is 1. The van der Waals surface area contributed by atoms with Crippen LogP contribution in [0.1, 0.15) is 30.7 Å². The Morgan fingerprint density at radius 3 is 3.00 bits per heavy atom. The number of fused-ring (bicyclic) bond motifs is 1. The van der Waals surface area contributed by atoms with Crippen molar-refractivity contribution in [1.82, 2.24) is 25.0 Å². The lowest BCUT2D eigenvalue weighted by Crippen LogP contribution is -2.37. The van der Waals surface area contributed by atoms with E-state index in [0.29, 0.717) is 6.10 Å². The summed E-state index contributed by atoms with van der Waals surface area (Å²) in [6.45, 7) is 6.12. The number of aromatic nitrogens is 3. The van der Waals surface area contributed by atoms with Crippen molar-refractivity contribution in [1.29, 1.82) is 0 Å². The van der Waals surface area contributed by atoms with Gasteiger partial charge in [0.25, 0.3) is 0 Å². The third-order valence-electron chi connectivity index (χ3n) is 4.80. The van der Waals surface area contributed by atoms with Gasteiger partial charge in [-0.25, -0.2) is 0 Å². The summed E-state index contributed by atoms with van der Waals surface area (Å²) >= 11 is 0. The molecule has 4 heterocycles. The zero-order chi connectivity index (χ0) is 16.2. The Hall–Kier alpha value is -1.92. The van der Waals surface area contributed by atoms with Gasteiger partial charge in [0.05, 0.1) is 17.6 Å². The molecule has 1 saturated heterocycles. The van der Waals surface area contributed by atoms with E-state index in [1.54, 1.807) is 12.4 Å². The molecule has 0 saturated carbocycles. The number of nitrogens with one attached hydrogen (secondary N) is 1. The molecule has 128 valence electrons. The summed E-state index contributed by atoms with van der Waals surface area (Å²) in [5, 5.41) is 8.24. The maximum Gasteiger partial charge on any atom is 0.137 e. The van der Waals surface area contributed by atoms with Crippen molar-refractivity contribution in [3.63, 3.8) is 0 Å². The van der Waals surface area contributed by atoms with Crippen molar-refractivity contribution in [3.05, 3.63) is 42.0 Å². The summed E-state index contributed by atoms with van der Waals surface area (Å²) in [7, 11) is 0. The molecule has 0 atom stereocenters. The molecule has 0 aromatic carbocycles. The van der Waals surface area contributed by atoms with Gasteiger partial charge in [-0.05, 0) is 44.0 Å². The van der Waals surface area contributed by atoms with Gasteiger partial charge in [0, 0.05) is 38.9 Å². The highest BCUT2D eigenvalue weighted by molar-refractivity contribution is 5.16. The average molecular weight is 327 g/mol. The summed E-state index contributed by atoms with van der Waals surface area (Å²) in [6, 6.07) is 6.16. The summed E-state index contributed by atoms with van der Waals surface area (Å²) in [5.41, 5.74) is 2.51. The Balaban J connectivity index is 1.29. The standard InChI is InChI=1S/C18H25N5O/c1-3-18(13-20-6-1)24-17-4-9-22(10-5-17)14-15-11-16-12-19-7-2-8-23(16)21-15/h1,3,6,11,13,17,19H,2,4-5,7-10,12,14H2. The molecule has 24 heavy (non-hydrogen) atoms. The Morgan fingerprint density at radius 2 is 2.17 bits per heavy atom. The van der Waals surface area contributed by atoms with Crippen LogP contribution in [0, 0.1) is 0 Å². The van der Waals surface area contributed by atoms with Crippen molar-refractivity contribution in [2.75, 3.05) is 19.6 Å². The molecule has 0 spiro atoms. The molecule has 2 aromatic heterocycles. The molecule has 0 unspecified atom stereocenters. The molecule has 0 bridgehead atoms. The first kappa shape index (κ1) is 15.6. The van der Waals surface area contributed by atoms with Crippen LogP contribution in [-0.2, 0) is 19.6 Å². The highest BCUT2D eigenvalue weighted by Crippen LogP contribution is 2.19. The number of hydrogen-bond acceptors (Lipinski definition) is 5. The van der Waals surface area contributed by atoms with Gasteiger partial charge in [-0.3, -0.25) is 14.6 Å². The van der Waals surface area contributed by atoms with Gasteiger partial charge in [-0.1, -0.05) is 0 Å². The smallest absolute Gasteiger partial charge is 0.137 e. The van der Waals surface area contributed by atoms with E-state index in [4.69, 9.17) is 9.84 Å². The Labute approximate surface area is 142 Å². The fraction of sp³-hybridized carbons (Fsp3) is 0.556. The molecule has 1 N–H and O–H groups in total. The van der Waals surface area contributed by atoms with Crippen molar-refractivity contribution in [3.8, 4) is 5.75 Å². The van der Waals surface area contributed by atoms with Gasteiger partial charge in [0.1, 0.15) is 11.9 Å². The fourth-order valence-corrected chi connectivity index (χ4v) is 3.52. The predicted molar refractivity (Wildman–Crippen MR) is 91.7 cm³/mol. The molecule has 6 heteroatoms. The van der Waals surface area contributed by atoms with Crippen LogP contribution in [-0.4, -0.2) is 45.4 Å². The second-order valence-corrected chi connectivity index (χ2v) is 6.66. The highest BCUT2D eigenvalue weighted by atomic mass is 16.5. The number of nitrogens with zero attached hydrogens (tertiary/aromatic N) is 4. The molecule has 2 aliphatic rings. The van der Waals surface area contributed by atoms with Crippen LogP contribution < -0.4 is 10.1 Å². The van der Waals surface area contributed by atoms with Crippen molar-refractivity contribution < 1.29 is 4.74 Å². The summed E-state index contributed by atoms with van der Waals surface area (Å²) in [5.74, 6) is 0.876. The lowest BCUT2D eigenvalue weighted by Gasteiger charge is -2.31. The van der Waals surface area contributed by atoms with E-state index in [0.717, 1.165) is 64.3 Å². The largest absolute Gasteiger partial charge is 0.489 e. The Bertz CT molecular complexity index is 625. The quantitative estimate of drug-likeness (QED) is 0.928. The lowest BCUT2D eigenvalue weighted by atomic mass is 10.1. The van der Waals surface area contributed by atoms with Crippen molar-refractivity contribution in [2.24, 2.45) is 0 Å². The molecule has 2 aliphatic heterocycles. The van der Waals surface area contributed by atoms with E-state index in [1.165, 1.54) is 11.4 Å². The molecule has 1 fully saturated rings. The van der Waals surface area contributed by atoms with Crippen LogP contribution in [0.15, 0.2) is 30.6 Å². The average Bonchev–Trinajstić information content (AvgIpc) is 2.86. The number of likely N-dealkylation sites (tertiary alicyclic amines) is 1. The van der Waals surface area contributed by atoms with Crippen LogP contribution in [0.4, 0.5) is 0 Å². The zero-order valence-corrected chi connectivity index (χ0v) is 14.0. The summed E-state index contributed by atoms with van der Waals surface area (Å²) in [4.78, 5) is 6.59. The van der Waals surface area contributed by atoms with E-state index in [-0.39, 0.29) is 0 Å². The third kappa shape index (κ3) is 3.76. The molecule has 4 rings (SSSR count). The Kier molecular flexibility index (Phi) is 4.76. The van der Waals surface area contributed by atoms with E-state index < -0.39 is 0 Å². The molecule has 0 aliphatic carbocycles. The van der Waals surface area contributed by atoms with Crippen LogP contribution in [0.2, 0.25) is 0 Å². The van der Waals surface area contributed by atoms with E-state index >= 15 is 0 Å². The van der Waals surface area contributed by atoms with Crippen LogP contribution in [0.25, 0.3) is 0 Å². The van der Waals surface area contributed by atoms with Crippen LogP contribution in [0.3, 0.4) is 0 Å². The Morgan fingerprint density at radius 1 is 1.25 bits per heavy atom. The fourth-order valence-electron chi connectivity index (χ4n) is 3.52. The molecule has 6 nitrogen and oxygen atoms in total. The molecule has 0 radical (unpaired) electrons. The topological polar surface area (TPSA) is 55.2 Å². The number of rotatable bonds is 4. The van der Waals surface area contributed by atoms with Gasteiger partial charge in [0.2, 0.25) is 0 Å². The molecule has 2 aromatic rings. The van der Waals surface area contributed by atoms with Gasteiger partial charge in [0.15, 0.2) is 0 Å². The zero-order valence-electron chi connectivity index (χ0n) is 14.0. The van der Waals surface area contributed by atoms with Gasteiger partial charge < -0.3 is 10.1 Å². The highest BCUT2D eigenvalue weighted by Gasteiger charge is 2.22. The SMILES string of the molecule is c1cncc(OC2CCN(Cc3cc4n(n3)CCCNC4)CC2)c1. The van der Waals surface area contributed by atoms with Crippen molar-refractivity contribution in [2.45, 2.75) is 45.0 Å². The summed E-state index contributed by atoms with van der Waals surface area (Å²) < 4.78 is 8.19. The van der Waals surface area contributed by atoms with Crippen LogP contribution in [0.5, 0.6) is 5.75 Å². The number of pyridine rings is 1. The second-order valence-electron chi connectivity index (χ2n) is 6.66. The first-order chi connectivity index (χ1) is 11.9. The van der Waals surface area contributed by atoms with E-state index in [1.807, 2.05) is 12.1 Å². The first-order valence-electron chi connectivity index (χ1n) is 8.92. The predicted octanol–water partition coefficient (Wildman–Crippen LogP) is 1.81. The molecular formula is C18H25N5O. The number of ether oxygens (including phenoxy) is 1. The minimum atomic E-state index is 0.299. The monoisotopic (exact) mass is 327 g/mol. The van der Waals surface area contributed by atoms with E-state index in [9.17, 15) is 0 Å². The van der Waals surface area contributed by atoms with E-state index in [2.05, 4.69) is 25.9 Å².